The van der Waals surface area contributed by atoms with E-state index in [2.05, 4.69) is 5.48 Å². The van der Waals surface area contributed by atoms with Crippen molar-refractivity contribution in [2.24, 2.45) is 0 Å². The number of carbonyl (C=O) groups is 1. The molecule has 1 aromatic heterocycles. The molecule has 0 spiro atoms. The summed E-state index contributed by atoms with van der Waals surface area (Å²) in [6.07, 6.45) is -4.32. The summed E-state index contributed by atoms with van der Waals surface area (Å²) in [4.78, 5) is 16.3. The molecule has 0 amide bonds. The summed E-state index contributed by atoms with van der Waals surface area (Å²) in [5.74, 6) is -1.08. The van der Waals surface area contributed by atoms with E-state index in [9.17, 15) is 23.1 Å². The van der Waals surface area contributed by atoms with Gasteiger partial charge in [-0.05, 0) is 30.2 Å². The molecule has 2 N–H and O–H groups in total. The van der Waals surface area contributed by atoms with Gasteiger partial charge < -0.3 is 14.5 Å². The van der Waals surface area contributed by atoms with Crippen molar-refractivity contribution in [3.63, 3.8) is 0 Å². The van der Waals surface area contributed by atoms with Gasteiger partial charge in [-0.15, -0.1) is 0 Å². The Morgan fingerprint density at radius 2 is 1.83 bits per heavy atom. The molecule has 1 heterocycles. The Morgan fingerprint density at radius 1 is 1.17 bits per heavy atom. The van der Waals surface area contributed by atoms with Gasteiger partial charge in [-0.2, -0.15) is 18.7 Å². The molecule has 29 heavy (non-hydrogen) atoms. The minimum atomic E-state index is -4.45. The van der Waals surface area contributed by atoms with Crippen molar-refractivity contribution in [1.29, 1.82) is 0 Å². The smallest absolute Gasteiger partial charge is 0.416 e. The van der Waals surface area contributed by atoms with Gasteiger partial charge in [-0.25, -0.2) is 0 Å². The first-order valence-electron chi connectivity index (χ1n) is 8.97. The van der Waals surface area contributed by atoms with E-state index in [1.165, 1.54) is 19.2 Å². The van der Waals surface area contributed by atoms with Crippen LogP contribution in [0.3, 0.4) is 0 Å². The number of benzene rings is 2. The quantitative estimate of drug-likeness (QED) is 0.579. The summed E-state index contributed by atoms with van der Waals surface area (Å²) in [5, 5.41) is 10.2. The van der Waals surface area contributed by atoms with Crippen LogP contribution in [0.4, 0.5) is 13.2 Å². The lowest BCUT2D eigenvalue weighted by molar-refractivity contribution is -0.143. The number of fused-ring (bicyclic) bond motifs is 1. The third-order valence-electron chi connectivity index (χ3n) is 4.98. The molecule has 5 nitrogen and oxygen atoms in total. The summed E-state index contributed by atoms with van der Waals surface area (Å²) in [6, 6.07) is 11.8. The molecule has 0 bridgehead atoms. The number of carboxylic acid groups (broad SMARTS) is 1. The Balaban J connectivity index is 2.09. The van der Waals surface area contributed by atoms with Crippen LogP contribution in [-0.4, -0.2) is 28.8 Å². The molecule has 1 atom stereocenters. The van der Waals surface area contributed by atoms with Crippen LogP contribution in [0.2, 0.25) is 0 Å². The summed E-state index contributed by atoms with van der Waals surface area (Å²) >= 11 is 0. The first-order chi connectivity index (χ1) is 13.7. The second kappa shape index (κ2) is 8.26. The van der Waals surface area contributed by atoms with Crippen molar-refractivity contribution in [2.45, 2.75) is 32.1 Å². The second-order valence-corrected chi connectivity index (χ2v) is 6.74. The molecule has 0 fully saturated rings. The average Bonchev–Trinajstić information content (AvgIpc) is 2.93. The molecule has 3 aromatic rings. The Morgan fingerprint density at radius 3 is 2.48 bits per heavy atom. The average molecular weight is 406 g/mol. The maximum Gasteiger partial charge on any atom is 0.416 e. The molecular weight excluding hydrogens is 385 g/mol. The highest BCUT2D eigenvalue weighted by molar-refractivity contribution is 5.86. The van der Waals surface area contributed by atoms with Gasteiger partial charge >= 0.3 is 12.1 Å². The minimum absolute atomic E-state index is 0.0253. The molecule has 154 valence electrons. The highest BCUT2D eigenvalue weighted by atomic mass is 19.4. The summed E-state index contributed by atoms with van der Waals surface area (Å²) in [7, 11) is 1.33. The van der Waals surface area contributed by atoms with Gasteiger partial charge in [0.25, 0.3) is 0 Å². The number of carboxylic acids is 1. The van der Waals surface area contributed by atoms with Crippen molar-refractivity contribution in [1.82, 2.24) is 10.0 Å². The fourth-order valence-electron chi connectivity index (χ4n) is 3.59. The van der Waals surface area contributed by atoms with Crippen molar-refractivity contribution >= 4 is 16.9 Å². The number of hydrogen-bond acceptors (Lipinski definition) is 3. The van der Waals surface area contributed by atoms with E-state index in [1.807, 2.05) is 18.2 Å². The molecule has 3 rings (SSSR count). The predicted molar refractivity (Wildman–Crippen MR) is 102 cm³/mol. The van der Waals surface area contributed by atoms with Crippen molar-refractivity contribution in [3.05, 3.63) is 70.9 Å². The highest BCUT2D eigenvalue weighted by Gasteiger charge is 2.33. The normalized spacial score (nSPS) is 13.0. The molecule has 0 aliphatic rings. The number of alkyl halides is 3. The van der Waals surface area contributed by atoms with E-state index in [1.54, 1.807) is 23.6 Å². The number of nitrogens with zero attached hydrogens (tertiary/aromatic N) is 1. The van der Waals surface area contributed by atoms with Crippen LogP contribution in [0.25, 0.3) is 10.9 Å². The van der Waals surface area contributed by atoms with Crippen LogP contribution < -0.4 is 5.48 Å². The SMILES string of the molecule is CON[C@@H](Cc1c(C)n(Cc2ccccc2C(F)(F)F)c2ccccc12)C(=O)O. The molecule has 0 saturated carbocycles. The second-order valence-electron chi connectivity index (χ2n) is 6.74. The topological polar surface area (TPSA) is 63.5 Å². The monoisotopic (exact) mass is 406 g/mol. The number of hydroxylamine groups is 1. The number of aliphatic carboxylic acids is 1. The molecule has 0 aliphatic heterocycles. The zero-order valence-corrected chi connectivity index (χ0v) is 16.0. The van der Waals surface area contributed by atoms with Gasteiger partial charge in [0, 0.05) is 29.6 Å². The van der Waals surface area contributed by atoms with Crippen LogP contribution in [0.15, 0.2) is 48.5 Å². The van der Waals surface area contributed by atoms with E-state index in [-0.39, 0.29) is 18.5 Å². The Hall–Kier alpha value is -2.84. The van der Waals surface area contributed by atoms with Crippen LogP contribution in [0.5, 0.6) is 0 Å². The first-order valence-corrected chi connectivity index (χ1v) is 8.97. The summed E-state index contributed by atoms with van der Waals surface area (Å²) in [5.41, 5.74) is 4.14. The molecule has 0 aliphatic carbocycles. The van der Waals surface area contributed by atoms with Gasteiger partial charge in [-0.1, -0.05) is 36.4 Å². The van der Waals surface area contributed by atoms with Crippen LogP contribution in [0.1, 0.15) is 22.4 Å². The van der Waals surface area contributed by atoms with Crippen molar-refractivity contribution in [3.8, 4) is 0 Å². The van der Waals surface area contributed by atoms with Gasteiger partial charge in [0.05, 0.1) is 12.7 Å². The molecule has 0 radical (unpaired) electrons. The van der Waals surface area contributed by atoms with E-state index in [4.69, 9.17) is 4.84 Å². The first kappa shape index (κ1) is 20.9. The number of halogens is 3. The van der Waals surface area contributed by atoms with E-state index >= 15 is 0 Å². The minimum Gasteiger partial charge on any atom is -0.480 e. The Bertz CT molecular complexity index is 1030. The number of para-hydroxylation sites is 1. The molecule has 8 heteroatoms. The molecule has 2 aromatic carbocycles. The van der Waals surface area contributed by atoms with E-state index < -0.39 is 23.8 Å². The van der Waals surface area contributed by atoms with E-state index in [0.29, 0.717) is 5.69 Å². The third kappa shape index (κ3) is 4.28. The van der Waals surface area contributed by atoms with Crippen LogP contribution in [-0.2, 0) is 28.8 Å². The Labute approximate surface area is 165 Å². The van der Waals surface area contributed by atoms with Gasteiger partial charge in [0.1, 0.15) is 6.04 Å². The van der Waals surface area contributed by atoms with Crippen LogP contribution in [0, 0.1) is 6.92 Å². The van der Waals surface area contributed by atoms with Gasteiger partial charge in [0.15, 0.2) is 0 Å². The molecular formula is C21H21F3N2O3. The third-order valence-corrected chi connectivity index (χ3v) is 4.98. The molecule has 0 saturated heterocycles. The predicted octanol–water partition coefficient (Wildman–Crippen LogP) is 4.16. The summed E-state index contributed by atoms with van der Waals surface area (Å²) in [6.45, 7) is 1.81. The number of rotatable bonds is 7. The zero-order valence-electron chi connectivity index (χ0n) is 16.0. The number of hydrogen-bond donors (Lipinski definition) is 2. The number of aromatic nitrogens is 1. The largest absolute Gasteiger partial charge is 0.480 e. The molecule has 0 unspecified atom stereocenters. The van der Waals surface area contributed by atoms with Crippen LogP contribution >= 0.6 is 0 Å². The van der Waals surface area contributed by atoms with E-state index in [0.717, 1.165) is 22.5 Å². The van der Waals surface area contributed by atoms with Crippen molar-refractivity contribution in [2.75, 3.05) is 7.11 Å². The van der Waals surface area contributed by atoms with Gasteiger partial charge in [-0.3, -0.25) is 4.79 Å². The fourth-order valence-corrected chi connectivity index (χ4v) is 3.59. The van der Waals surface area contributed by atoms with Crippen molar-refractivity contribution < 1.29 is 27.9 Å². The lowest BCUT2D eigenvalue weighted by Crippen LogP contribution is -2.37. The fraction of sp³-hybridized carbons (Fsp3) is 0.286. The zero-order chi connectivity index (χ0) is 21.2. The maximum atomic E-state index is 13.4. The summed E-state index contributed by atoms with van der Waals surface area (Å²) < 4.78 is 42.1. The lowest BCUT2D eigenvalue weighted by Gasteiger charge is -2.16. The number of nitrogens with one attached hydrogen (secondary N) is 1. The van der Waals surface area contributed by atoms with Gasteiger partial charge in [0.2, 0.25) is 0 Å². The highest BCUT2D eigenvalue weighted by Crippen LogP contribution is 2.34. The standard InChI is InChI=1S/C21H21F3N2O3/c1-13-16(11-18(20(27)28)25-29-2)15-8-4-6-10-19(15)26(13)12-14-7-3-5-9-17(14)21(22,23)24/h3-10,18,25H,11-12H2,1-2H3,(H,27,28)/t18-/m0/s1. The Kier molecular flexibility index (Phi) is 5.95. The maximum absolute atomic E-state index is 13.4. The lowest BCUT2D eigenvalue weighted by atomic mass is 10.0.